The maximum absolute atomic E-state index is 12.0. The van der Waals surface area contributed by atoms with E-state index in [1.165, 1.54) is 17.1 Å². The SMILES string of the molecule is Cc1ccc(NS(=O)(=O)c2cnn(C)c2)cc1Cl. The Labute approximate surface area is 110 Å². The number of nitrogens with one attached hydrogen (secondary N) is 1. The highest BCUT2D eigenvalue weighted by Gasteiger charge is 2.16. The van der Waals surface area contributed by atoms with Crippen molar-refractivity contribution in [3.63, 3.8) is 0 Å². The highest BCUT2D eigenvalue weighted by Crippen LogP contribution is 2.22. The molecule has 0 bridgehead atoms. The first-order valence-electron chi connectivity index (χ1n) is 5.16. The van der Waals surface area contributed by atoms with Crippen molar-refractivity contribution in [3.8, 4) is 0 Å². The van der Waals surface area contributed by atoms with Crippen LogP contribution in [-0.4, -0.2) is 18.2 Å². The molecule has 0 aliphatic heterocycles. The van der Waals surface area contributed by atoms with Gasteiger partial charge in [-0.15, -0.1) is 0 Å². The minimum absolute atomic E-state index is 0.113. The Morgan fingerprint density at radius 2 is 2.11 bits per heavy atom. The molecular formula is C11H12ClN3O2S. The zero-order valence-corrected chi connectivity index (χ0v) is 11.5. The van der Waals surface area contributed by atoms with Gasteiger partial charge in [0.25, 0.3) is 10.0 Å². The second kappa shape index (κ2) is 4.62. The summed E-state index contributed by atoms with van der Waals surface area (Å²) in [5, 5.41) is 4.34. The van der Waals surface area contributed by atoms with Crippen LogP contribution in [0.5, 0.6) is 0 Å². The second-order valence-corrected chi connectivity index (χ2v) is 6.01. The molecule has 2 rings (SSSR count). The second-order valence-electron chi connectivity index (χ2n) is 3.92. The number of aromatic nitrogens is 2. The fourth-order valence-corrected chi connectivity index (χ4v) is 2.62. The van der Waals surface area contributed by atoms with Crippen molar-refractivity contribution in [1.29, 1.82) is 0 Å². The lowest BCUT2D eigenvalue weighted by molar-refractivity contribution is 0.601. The highest BCUT2D eigenvalue weighted by atomic mass is 35.5. The van der Waals surface area contributed by atoms with E-state index in [1.54, 1.807) is 25.2 Å². The summed E-state index contributed by atoms with van der Waals surface area (Å²) >= 11 is 5.94. The fourth-order valence-electron chi connectivity index (χ4n) is 1.41. The monoisotopic (exact) mass is 285 g/mol. The molecule has 0 saturated carbocycles. The zero-order chi connectivity index (χ0) is 13.3. The molecule has 0 aliphatic carbocycles. The van der Waals surface area contributed by atoms with E-state index in [2.05, 4.69) is 9.82 Å². The Hall–Kier alpha value is -1.53. The standard InChI is InChI=1S/C11H12ClN3O2S/c1-8-3-4-9(5-11(8)12)14-18(16,17)10-6-13-15(2)7-10/h3-7,14H,1-2H3. The molecule has 7 heteroatoms. The van der Waals surface area contributed by atoms with Crippen LogP contribution in [0.1, 0.15) is 5.56 Å². The molecule has 0 unspecified atom stereocenters. The first kappa shape index (κ1) is 12.9. The van der Waals surface area contributed by atoms with Crippen LogP contribution in [0.2, 0.25) is 5.02 Å². The summed E-state index contributed by atoms with van der Waals surface area (Å²) in [6.07, 6.45) is 2.72. The van der Waals surface area contributed by atoms with E-state index < -0.39 is 10.0 Å². The molecule has 0 spiro atoms. The van der Waals surface area contributed by atoms with Gasteiger partial charge in [0.15, 0.2) is 0 Å². The Morgan fingerprint density at radius 1 is 1.39 bits per heavy atom. The number of sulfonamides is 1. The zero-order valence-electron chi connectivity index (χ0n) is 9.88. The Bertz CT molecular complexity index is 679. The van der Waals surface area contributed by atoms with Crippen LogP contribution in [0.15, 0.2) is 35.5 Å². The van der Waals surface area contributed by atoms with Gasteiger partial charge in [0.1, 0.15) is 4.90 Å². The minimum atomic E-state index is -3.61. The largest absolute Gasteiger partial charge is 0.279 e. The molecule has 1 heterocycles. The normalized spacial score (nSPS) is 11.5. The average Bonchev–Trinajstić information content (AvgIpc) is 2.71. The molecule has 0 atom stereocenters. The number of hydrogen-bond acceptors (Lipinski definition) is 3. The van der Waals surface area contributed by atoms with Crippen LogP contribution in [0.4, 0.5) is 5.69 Å². The predicted molar refractivity (Wildman–Crippen MR) is 70.2 cm³/mol. The van der Waals surface area contributed by atoms with Crippen LogP contribution in [0.25, 0.3) is 0 Å². The van der Waals surface area contributed by atoms with E-state index in [-0.39, 0.29) is 4.90 Å². The van der Waals surface area contributed by atoms with E-state index >= 15 is 0 Å². The lowest BCUT2D eigenvalue weighted by Crippen LogP contribution is -2.12. The minimum Gasteiger partial charge on any atom is -0.279 e. The van der Waals surface area contributed by atoms with Crippen LogP contribution in [0.3, 0.4) is 0 Å². The smallest absolute Gasteiger partial charge is 0.265 e. The molecule has 96 valence electrons. The van der Waals surface area contributed by atoms with Crippen molar-refractivity contribution in [2.75, 3.05) is 4.72 Å². The van der Waals surface area contributed by atoms with Crippen molar-refractivity contribution >= 4 is 27.3 Å². The van der Waals surface area contributed by atoms with Crippen molar-refractivity contribution < 1.29 is 8.42 Å². The summed E-state index contributed by atoms with van der Waals surface area (Å²) < 4.78 is 27.9. The topological polar surface area (TPSA) is 64.0 Å². The van der Waals surface area contributed by atoms with E-state index in [0.29, 0.717) is 10.7 Å². The summed E-state index contributed by atoms with van der Waals surface area (Å²) in [6.45, 7) is 1.85. The number of aryl methyl sites for hydroxylation is 2. The fraction of sp³-hybridized carbons (Fsp3) is 0.182. The number of rotatable bonds is 3. The summed E-state index contributed by atoms with van der Waals surface area (Å²) in [5.74, 6) is 0. The van der Waals surface area contributed by atoms with Gasteiger partial charge >= 0.3 is 0 Å². The molecule has 0 aliphatic rings. The average molecular weight is 286 g/mol. The summed E-state index contributed by atoms with van der Waals surface area (Å²) in [6, 6.07) is 4.99. The van der Waals surface area contributed by atoms with E-state index in [1.807, 2.05) is 6.92 Å². The third-order valence-electron chi connectivity index (χ3n) is 2.42. The number of hydrogen-bond donors (Lipinski definition) is 1. The molecule has 0 fully saturated rings. The van der Waals surface area contributed by atoms with Gasteiger partial charge in [-0.1, -0.05) is 17.7 Å². The predicted octanol–water partition coefficient (Wildman–Crippen LogP) is 2.18. The van der Waals surface area contributed by atoms with E-state index in [9.17, 15) is 8.42 Å². The van der Waals surface area contributed by atoms with Crippen LogP contribution in [-0.2, 0) is 17.1 Å². The molecular weight excluding hydrogens is 274 g/mol. The summed E-state index contributed by atoms with van der Waals surface area (Å²) in [7, 11) is -1.96. The summed E-state index contributed by atoms with van der Waals surface area (Å²) in [5.41, 5.74) is 1.32. The Balaban J connectivity index is 2.30. The van der Waals surface area contributed by atoms with Gasteiger partial charge in [-0.25, -0.2) is 8.42 Å². The van der Waals surface area contributed by atoms with Crippen LogP contribution >= 0.6 is 11.6 Å². The van der Waals surface area contributed by atoms with Crippen molar-refractivity contribution in [2.24, 2.45) is 7.05 Å². The number of anilines is 1. The highest BCUT2D eigenvalue weighted by molar-refractivity contribution is 7.92. The quantitative estimate of drug-likeness (QED) is 0.940. The molecule has 18 heavy (non-hydrogen) atoms. The lowest BCUT2D eigenvalue weighted by atomic mass is 10.2. The molecule has 1 aromatic heterocycles. The van der Waals surface area contributed by atoms with Gasteiger partial charge in [-0.05, 0) is 24.6 Å². The molecule has 0 amide bonds. The van der Waals surface area contributed by atoms with Gasteiger partial charge in [-0.3, -0.25) is 9.40 Å². The van der Waals surface area contributed by atoms with Crippen LogP contribution in [0, 0.1) is 6.92 Å². The maximum atomic E-state index is 12.0. The number of nitrogens with zero attached hydrogens (tertiary/aromatic N) is 2. The maximum Gasteiger partial charge on any atom is 0.265 e. The first-order valence-corrected chi connectivity index (χ1v) is 7.02. The third kappa shape index (κ3) is 2.65. The lowest BCUT2D eigenvalue weighted by Gasteiger charge is -2.07. The van der Waals surface area contributed by atoms with Gasteiger partial charge in [0.2, 0.25) is 0 Å². The van der Waals surface area contributed by atoms with Gasteiger partial charge in [0, 0.05) is 18.3 Å². The summed E-state index contributed by atoms with van der Waals surface area (Å²) in [4.78, 5) is 0.113. The van der Waals surface area contributed by atoms with Gasteiger partial charge in [-0.2, -0.15) is 5.10 Å². The van der Waals surface area contributed by atoms with Crippen LogP contribution < -0.4 is 4.72 Å². The molecule has 0 radical (unpaired) electrons. The van der Waals surface area contributed by atoms with Gasteiger partial charge in [0.05, 0.1) is 11.9 Å². The molecule has 5 nitrogen and oxygen atoms in total. The molecule has 1 N–H and O–H groups in total. The Morgan fingerprint density at radius 3 is 2.67 bits per heavy atom. The number of halogens is 1. The number of benzene rings is 1. The van der Waals surface area contributed by atoms with Crippen molar-refractivity contribution in [3.05, 3.63) is 41.2 Å². The third-order valence-corrected chi connectivity index (χ3v) is 4.16. The first-order chi connectivity index (χ1) is 8.38. The molecule has 2 aromatic rings. The van der Waals surface area contributed by atoms with Crippen molar-refractivity contribution in [1.82, 2.24) is 9.78 Å². The molecule has 1 aromatic carbocycles. The van der Waals surface area contributed by atoms with Crippen molar-refractivity contribution in [2.45, 2.75) is 11.8 Å². The van der Waals surface area contributed by atoms with E-state index in [4.69, 9.17) is 11.6 Å². The molecule has 0 saturated heterocycles. The van der Waals surface area contributed by atoms with Gasteiger partial charge < -0.3 is 0 Å². The Kier molecular flexibility index (Phi) is 3.32. The van der Waals surface area contributed by atoms with E-state index in [0.717, 1.165) is 5.56 Å².